The van der Waals surface area contributed by atoms with Crippen molar-refractivity contribution in [3.63, 3.8) is 0 Å². The fraction of sp³-hybridized carbons (Fsp3) is 0.222. The molecule has 0 fully saturated rings. The van der Waals surface area contributed by atoms with Gasteiger partial charge in [-0.2, -0.15) is 0 Å². The van der Waals surface area contributed by atoms with Gasteiger partial charge < -0.3 is 9.64 Å². The van der Waals surface area contributed by atoms with E-state index in [9.17, 15) is 14.0 Å². The van der Waals surface area contributed by atoms with E-state index in [0.717, 1.165) is 0 Å². The molecular formula is C27H25ClFN3O3. The van der Waals surface area contributed by atoms with Crippen LogP contribution < -0.4 is 5.56 Å². The molecule has 3 aromatic carbocycles. The van der Waals surface area contributed by atoms with Crippen LogP contribution in [0.3, 0.4) is 0 Å². The normalized spacial score (nSPS) is 12.0. The largest absolute Gasteiger partial charge is 0.383 e. The van der Waals surface area contributed by atoms with Crippen molar-refractivity contribution in [1.82, 2.24) is 14.5 Å². The molecule has 0 radical (unpaired) electrons. The molecular weight excluding hydrogens is 469 g/mol. The molecule has 0 saturated carbocycles. The molecule has 1 atom stereocenters. The van der Waals surface area contributed by atoms with Crippen molar-refractivity contribution in [1.29, 1.82) is 0 Å². The van der Waals surface area contributed by atoms with Gasteiger partial charge in [0, 0.05) is 24.2 Å². The molecule has 180 valence electrons. The van der Waals surface area contributed by atoms with Crippen LogP contribution in [0, 0.1) is 12.7 Å². The first kappa shape index (κ1) is 24.6. The van der Waals surface area contributed by atoms with E-state index in [2.05, 4.69) is 0 Å². The first-order valence-corrected chi connectivity index (χ1v) is 11.5. The average molecular weight is 494 g/mol. The van der Waals surface area contributed by atoms with Crippen LogP contribution in [0.15, 0.2) is 71.5 Å². The highest BCUT2D eigenvalue weighted by atomic mass is 35.5. The summed E-state index contributed by atoms with van der Waals surface area (Å²) in [5.41, 5.74) is 1.73. The van der Waals surface area contributed by atoms with Crippen LogP contribution in [0.25, 0.3) is 16.6 Å². The summed E-state index contributed by atoms with van der Waals surface area (Å²) in [4.78, 5) is 33.6. The van der Waals surface area contributed by atoms with Gasteiger partial charge in [0.05, 0.1) is 29.2 Å². The standard InChI is InChI=1S/C27H25ClFN3O3/c1-17-22(28)11-7-13-24(17)32-25(30-23-12-5-4-10-21(23)27(32)34)18(2)31(14-15-35-3)26(33)19-8-6-9-20(29)16-19/h4-13,16,18H,14-15H2,1-3H3. The number of carbonyl (C=O) groups is 1. The molecule has 1 amide bonds. The van der Waals surface area contributed by atoms with Crippen molar-refractivity contribution < 1.29 is 13.9 Å². The second-order valence-electron chi connectivity index (χ2n) is 8.19. The Morgan fingerprint density at radius 2 is 1.89 bits per heavy atom. The number of carbonyl (C=O) groups excluding carboxylic acids is 1. The Morgan fingerprint density at radius 1 is 1.14 bits per heavy atom. The second-order valence-corrected chi connectivity index (χ2v) is 8.60. The van der Waals surface area contributed by atoms with E-state index in [1.807, 2.05) is 6.92 Å². The number of halogens is 2. The van der Waals surface area contributed by atoms with Crippen molar-refractivity contribution in [2.24, 2.45) is 0 Å². The number of fused-ring (bicyclic) bond motifs is 1. The fourth-order valence-corrected chi connectivity index (χ4v) is 4.26. The van der Waals surface area contributed by atoms with E-state index in [4.69, 9.17) is 21.3 Å². The van der Waals surface area contributed by atoms with E-state index in [1.165, 1.54) is 34.8 Å². The summed E-state index contributed by atoms with van der Waals surface area (Å²) in [5, 5.41) is 0.955. The van der Waals surface area contributed by atoms with Crippen LogP contribution in [-0.4, -0.2) is 40.6 Å². The molecule has 0 N–H and O–H groups in total. The lowest BCUT2D eigenvalue weighted by Crippen LogP contribution is -2.39. The predicted molar refractivity (Wildman–Crippen MR) is 135 cm³/mol. The zero-order chi connectivity index (χ0) is 25.1. The SMILES string of the molecule is COCCN(C(=O)c1cccc(F)c1)C(C)c1nc2ccccc2c(=O)n1-c1cccc(Cl)c1C. The minimum Gasteiger partial charge on any atom is -0.383 e. The van der Waals surface area contributed by atoms with Gasteiger partial charge in [-0.1, -0.05) is 35.9 Å². The number of para-hydroxylation sites is 1. The molecule has 0 bridgehead atoms. The van der Waals surface area contributed by atoms with Gasteiger partial charge in [0.25, 0.3) is 11.5 Å². The number of ether oxygens (including phenoxy) is 1. The molecule has 6 nitrogen and oxygen atoms in total. The lowest BCUT2D eigenvalue weighted by molar-refractivity contribution is 0.0605. The summed E-state index contributed by atoms with van der Waals surface area (Å²) in [6.07, 6.45) is 0. The molecule has 0 spiro atoms. The Balaban J connectivity index is 1.94. The number of aromatic nitrogens is 2. The average Bonchev–Trinajstić information content (AvgIpc) is 2.86. The zero-order valence-electron chi connectivity index (χ0n) is 19.7. The minimum absolute atomic E-state index is 0.196. The third-order valence-electron chi connectivity index (χ3n) is 5.99. The van der Waals surface area contributed by atoms with Gasteiger partial charge in [-0.05, 0) is 61.9 Å². The van der Waals surface area contributed by atoms with Crippen LogP contribution in [0.1, 0.15) is 34.7 Å². The van der Waals surface area contributed by atoms with Crippen LogP contribution in [0.4, 0.5) is 4.39 Å². The van der Waals surface area contributed by atoms with Crippen molar-refractivity contribution in [3.05, 3.63) is 105 Å². The van der Waals surface area contributed by atoms with Crippen LogP contribution in [0.2, 0.25) is 5.02 Å². The number of hydrogen-bond acceptors (Lipinski definition) is 4. The molecule has 1 aromatic heterocycles. The maximum absolute atomic E-state index is 13.9. The van der Waals surface area contributed by atoms with Crippen LogP contribution >= 0.6 is 11.6 Å². The zero-order valence-corrected chi connectivity index (χ0v) is 20.4. The number of hydrogen-bond donors (Lipinski definition) is 0. The van der Waals surface area contributed by atoms with Crippen molar-refractivity contribution in [2.45, 2.75) is 19.9 Å². The molecule has 0 saturated heterocycles. The number of methoxy groups -OCH3 is 1. The van der Waals surface area contributed by atoms with Gasteiger partial charge in [0.2, 0.25) is 0 Å². The molecule has 1 unspecified atom stereocenters. The second kappa shape index (κ2) is 10.4. The highest BCUT2D eigenvalue weighted by molar-refractivity contribution is 6.31. The molecule has 4 aromatic rings. The summed E-state index contributed by atoms with van der Waals surface area (Å²) >= 11 is 6.39. The molecule has 0 aliphatic heterocycles. The quantitative estimate of drug-likeness (QED) is 0.349. The van der Waals surface area contributed by atoms with E-state index in [-0.39, 0.29) is 24.3 Å². The number of benzene rings is 3. The lowest BCUT2D eigenvalue weighted by atomic mass is 10.1. The Kier molecular flexibility index (Phi) is 7.28. The molecule has 4 rings (SSSR count). The Hall–Kier alpha value is -3.55. The first-order chi connectivity index (χ1) is 16.8. The van der Waals surface area contributed by atoms with Crippen molar-refractivity contribution >= 4 is 28.4 Å². The summed E-state index contributed by atoms with van der Waals surface area (Å²) in [5.74, 6) is -0.545. The highest BCUT2D eigenvalue weighted by Gasteiger charge is 2.28. The minimum atomic E-state index is -0.656. The summed E-state index contributed by atoms with van der Waals surface area (Å²) in [6.45, 7) is 4.08. The smallest absolute Gasteiger partial charge is 0.266 e. The summed E-state index contributed by atoms with van der Waals surface area (Å²) in [6, 6.07) is 17.2. The Morgan fingerprint density at radius 3 is 2.63 bits per heavy atom. The molecule has 8 heteroatoms. The van der Waals surface area contributed by atoms with Crippen LogP contribution in [-0.2, 0) is 4.74 Å². The van der Waals surface area contributed by atoms with Gasteiger partial charge in [-0.3, -0.25) is 14.2 Å². The summed E-state index contributed by atoms with van der Waals surface area (Å²) in [7, 11) is 1.54. The van der Waals surface area contributed by atoms with Gasteiger partial charge in [-0.15, -0.1) is 0 Å². The van der Waals surface area contributed by atoms with Gasteiger partial charge in [0.1, 0.15) is 11.6 Å². The number of amides is 1. The third-order valence-corrected chi connectivity index (χ3v) is 6.40. The fourth-order valence-electron chi connectivity index (χ4n) is 4.09. The monoisotopic (exact) mass is 493 g/mol. The third kappa shape index (κ3) is 4.83. The van der Waals surface area contributed by atoms with Crippen molar-refractivity contribution in [2.75, 3.05) is 20.3 Å². The number of rotatable bonds is 7. The molecule has 0 aliphatic carbocycles. The Bertz CT molecular complexity index is 1450. The molecule has 1 heterocycles. The van der Waals surface area contributed by atoms with Crippen LogP contribution in [0.5, 0.6) is 0 Å². The Labute approximate surface area is 207 Å². The van der Waals surface area contributed by atoms with E-state index in [1.54, 1.807) is 55.5 Å². The maximum Gasteiger partial charge on any atom is 0.266 e. The molecule has 35 heavy (non-hydrogen) atoms. The van der Waals surface area contributed by atoms with Gasteiger partial charge in [0.15, 0.2) is 0 Å². The lowest BCUT2D eigenvalue weighted by Gasteiger charge is -2.31. The van der Waals surface area contributed by atoms with E-state index >= 15 is 0 Å². The van der Waals surface area contributed by atoms with Gasteiger partial charge in [-0.25, -0.2) is 9.37 Å². The van der Waals surface area contributed by atoms with E-state index in [0.29, 0.717) is 33.0 Å². The van der Waals surface area contributed by atoms with E-state index < -0.39 is 17.8 Å². The number of nitrogens with zero attached hydrogens (tertiary/aromatic N) is 3. The molecule has 0 aliphatic rings. The maximum atomic E-state index is 13.9. The first-order valence-electron chi connectivity index (χ1n) is 11.2. The van der Waals surface area contributed by atoms with Gasteiger partial charge >= 0.3 is 0 Å². The highest BCUT2D eigenvalue weighted by Crippen LogP contribution is 2.28. The van der Waals surface area contributed by atoms with Crippen molar-refractivity contribution in [3.8, 4) is 5.69 Å². The summed E-state index contributed by atoms with van der Waals surface area (Å²) < 4.78 is 20.6. The predicted octanol–water partition coefficient (Wildman–Crippen LogP) is 5.34. The topological polar surface area (TPSA) is 64.4 Å².